The second-order valence-electron chi connectivity index (χ2n) is 7.60. The van der Waals surface area contributed by atoms with Crippen LogP contribution in [0.15, 0.2) is 84.3 Å². The molecule has 0 atom stereocenters. The number of hydrogen-bond acceptors (Lipinski definition) is 5. The van der Waals surface area contributed by atoms with Crippen LogP contribution in [0.25, 0.3) is 11.4 Å². The smallest absolute Gasteiger partial charge is 0.192 e. The topological polar surface area (TPSA) is 60.7 Å². The fourth-order valence-electron chi connectivity index (χ4n) is 3.29. The van der Waals surface area contributed by atoms with Crippen molar-refractivity contribution < 1.29 is 4.79 Å². The number of ketones is 1. The van der Waals surface area contributed by atoms with Crippen molar-refractivity contribution in [2.45, 2.75) is 31.5 Å². The van der Waals surface area contributed by atoms with Crippen molar-refractivity contribution in [3.8, 4) is 11.4 Å². The highest BCUT2D eigenvalue weighted by atomic mass is 32.2. The zero-order chi connectivity index (χ0) is 21.6. The Balaban J connectivity index is 1.56. The van der Waals surface area contributed by atoms with Crippen molar-refractivity contribution >= 4 is 17.5 Å². The predicted molar refractivity (Wildman–Crippen MR) is 124 cm³/mol. The number of pyridine rings is 1. The molecule has 0 amide bonds. The summed E-state index contributed by atoms with van der Waals surface area (Å²) in [5.41, 5.74) is 4.05. The van der Waals surface area contributed by atoms with Crippen LogP contribution in [-0.2, 0) is 6.54 Å². The standard InChI is InChI=1S/C25H24N4OS/c1-18(2)20-8-10-21(11-9-20)23(30)17-31-25-28-27-24(22-12-14-26-15-13-22)29(25)16-19-6-4-3-5-7-19/h3-15,18H,16-17H2,1-2H3. The van der Waals surface area contributed by atoms with Crippen LogP contribution in [0.1, 0.15) is 41.3 Å². The van der Waals surface area contributed by atoms with Crippen LogP contribution < -0.4 is 0 Å². The van der Waals surface area contributed by atoms with Gasteiger partial charge >= 0.3 is 0 Å². The Labute approximate surface area is 186 Å². The number of carbonyl (C=O) groups is 1. The molecule has 0 saturated heterocycles. The molecule has 0 bridgehead atoms. The minimum Gasteiger partial charge on any atom is -0.298 e. The molecule has 0 fully saturated rings. The van der Waals surface area contributed by atoms with E-state index in [2.05, 4.69) is 45.7 Å². The second kappa shape index (κ2) is 9.71. The summed E-state index contributed by atoms with van der Waals surface area (Å²) in [5.74, 6) is 1.61. The maximum Gasteiger partial charge on any atom is 0.192 e. The lowest BCUT2D eigenvalue weighted by Gasteiger charge is -2.10. The minimum atomic E-state index is 0.0834. The lowest BCUT2D eigenvalue weighted by molar-refractivity contribution is 0.102. The molecule has 0 N–H and O–H groups in total. The van der Waals surface area contributed by atoms with E-state index < -0.39 is 0 Å². The number of benzene rings is 2. The molecule has 2 heterocycles. The molecule has 0 spiro atoms. The molecule has 4 rings (SSSR count). The molecule has 2 aromatic carbocycles. The normalized spacial score (nSPS) is 11.1. The lowest BCUT2D eigenvalue weighted by Crippen LogP contribution is -2.07. The van der Waals surface area contributed by atoms with E-state index in [1.54, 1.807) is 12.4 Å². The van der Waals surface area contributed by atoms with Gasteiger partial charge in [0.15, 0.2) is 16.8 Å². The fourth-order valence-corrected chi connectivity index (χ4v) is 4.12. The number of aromatic nitrogens is 4. The first-order valence-corrected chi connectivity index (χ1v) is 11.2. The largest absolute Gasteiger partial charge is 0.298 e. The summed E-state index contributed by atoms with van der Waals surface area (Å²) in [4.78, 5) is 16.9. The molecule has 0 unspecified atom stereocenters. The zero-order valence-corrected chi connectivity index (χ0v) is 18.4. The molecule has 2 aromatic heterocycles. The van der Waals surface area contributed by atoms with Crippen LogP contribution in [-0.4, -0.2) is 31.3 Å². The summed E-state index contributed by atoms with van der Waals surface area (Å²) in [6.45, 7) is 4.92. The van der Waals surface area contributed by atoms with Crippen molar-refractivity contribution in [2.24, 2.45) is 0 Å². The minimum absolute atomic E-state index is 0.0834. The molecule has 0 aliphatic rings. The average molecular weight is 429 g/mol. The summed E-state index contributed by atoms with van der Waals surface area (Å²) in [6, 6.07) is 21.9. The highest BCUT2D eigenvalue weighted by Crippen LogP contribution is 2.26. The van der Waals surface area contributed by atoms with Crippen LogP contribution >= 0.6 is 11.8 Å². The number of carbonyl (C=O) groups excluding carboxylic acids is 1. The number of hydrogen-bond donors (Lipinski definition) is 0. The number of Topliss-reactive ketones (excluding diaryl/α,β-unsaturated/α-hetero) is 1. The lowest BCUT2D eigenvalue weighted by atomic mass is 10.0. The van der Waals surface area contributed by atoms with Gasteiger partial charge in [-0.2, -0.15) is 0 Å². The van der Waals surface area contributed by atoms with Crippen molar-refractivity contribution in [1.82, 2.24) is 19.7 Å². The van der Waals surface area contributed by atoms with Gasteiger partial charge in [-0.15, -0.1) is 10.2 Å². The van der Waals surface area contributed by atoms with Crippen LogP contribution in [0.4, 0.5) is 0 Å². The molecule has 4 aromatic rings. The van der Waals surface area contributed by atoms with Crippen LogP contribution in [0.2, 0.25) is 0 Å². The quantitative estimate of drug-likeness (QED) is 0.274. The molecule has 0 aliphatic carbocycles. The van der Waals surface area contributed by atoms with Gasteiger partial charge in [-0.1, -0.05) is 80.2 Å². The second-order valence-corrected chi connectivity index (χ2v) is 8.54. The van der Waals surface area contributed by atoms with Gasteiger partial charge in [0.25, 0.3) is 0 Å². The maximum absolute atomic E-state index is 12.8. The average Bonchev–Trinajstić information content (AvgIpc) is 3.21. The number of thioether (sulfide) groups is 1. The van der Waals surface area contributed by atoms with Crippen LogP contribution in [0.3, 0.4) is 0 Å². The Morgan fingerprint density at radius 2 is 1.65 bits per heavy atom. The third kappa shape index (κ3) is 5.09. The van der Waals surface area contributed by atoms with Gasteiger partial charge < -0.3 is 0 Å². The summed E-state index contributed by atoms with van der Waals surface area (Å²) in [7, 11) is 0. The molecular weight excluding hydrogens is 404 g/mol. The summed E-state index contributed by atoms with van der Waals surface area (Å²) >= 11 is 1.42. The van der Waals surface area contributed by atoms with Gasteiger partial charge in [-0.05, 0) is 29.2 Å². The molecule has 6 heteroatoms. The van der Waals surface area contributed by atoms with Crippen LogP contribution in [0.5, 0.6) is 0 Å². The van der Waals surface area contributed by atoms with Crippen molar-refractivity contribution in [2.75, 3.05) is 5.75 Å². The summed E-state index contributed by atoms with van der Waals surface area (Å²) in [5, 5.41) is 9.54. The van der Waals surface area contributed by atoms with Gasteiger partial charge in [0.2, 0.25) is 0 Å². The molecule has 156 valence electrons. The number of nitrogens with zero attached hydrogens (tertiary/aromatic N) is 4. The third-order valence-electron chi connectivity index (χ3n) is 5.07. The summed E-state index contributed by atoms with van der Waals surface area (Å²) in [6.07, 6.45) is 3.49. The molecule has 0 radical (unpaired) electrons. The third-order valence-corrected chi connectivity index (χ3v) is 6.04. The molecule has 31 heavy (non-hydrogen) atoms. The monoisotopic (exact) mass is 428 g/mol. The van der Waals surface area contributed by atoms with Gasteiger partial charge in [0.1, 0.15) is 0 Å². The van der Waals surface area contributed by atoms with E-state index in [0.29, 0.717) is 18.2 Å². The highest BCUT2D eigenvalue weighted by Gasteiger charge is 2.17. The van der Waals surface area contributed by atoms with Crippen LogP contribution in [0, 0.1) is 0 Å². The highest BCUT2D eigenvalue weighted by molar-refractivity contribution is 7.99. The van der Waals surface area contributed by atoms with Crippen molar-refractivity contribution in [3.63, 3.8) is 0 Å². The molecule has 0 saturated carbocycles. The Morgan fingerprint density at radius 3 is 2.32 bits per heavy atom. The first kappa shape index (κ1) is 21.0. The first-order valence-electron chi connectivity index (χ1n) is 10.3. The van der Waals surface area contributed by atoms with Gasteiger partial charge in [-0.25, -0.2) is 0 Å². The van der Waals surface area contributed by atoms with Crippen molar-refractivity contribution in [1.29, 1.82) is 0 Å². The molecule has 0 aliphatic heterocycles. The van der Waals surface area contributed by atoms with E-state index in [4.69, 9.17) is 0 Å². The molecular formula is C25H24N4OS. The van der Waals surface area contributed by atoms with Gasteiger partial charge in [0, 0.05) is 23.5 Å². The fraction of sp³-hybridized carbons (Fsp3) is 0.200. The van der Waals surface area contributed by atoms with E-state index in [1.165, 1.54) is 17.3 Å². The summed E-state index contributed by atoms with van der Waals surface area (Å²) < 4.78 is 2.06. The Bertz CT molecular complexity index is 1140. The van der Waals surface area contributed by atoms with E-state index in [0.717, 1.165) is 27.7 Å². The van der Waals surface area contributed by atoms with E-state index in [9.17, 15) is 4.79 Å². The zero-order valence-electron chi connectivity index (χ0n) is 17.6. The van der Waals surface area contributed by atoms with Gasteiger partial charge in [0.05, 0.1) is 12.3 Å². The van der Waals surface area contributed by atoms with E-state index in [1.807, 2.05) is 54.6 Å². The Hall–Kier alpha value is -3.25. The SMILES string of the molecule is CC(C)c1ccc(C(=O)CSc2nnc(-c3ccncc3)n2Cc2ccccc2)cc1. The van der Waals surface area contributed by atoms with E-state index in [-0.39, 0.29) is 5.78 Å². The van der Waals surface area contributed by atoms with Gasteiger partial charge in [-0.3, -0.25) is 14.3 Å². The Kier molecular flexibility index (Phi) is 6.57. The maximum atomic E-state index is 12.8. The van der Waals surface area contributed by atoms with E-state index >= 15 is 0 Å². The van der Waals surface area contributed by atoms with Crippen molar-refractivity contribution in [3.05, 3.63) is 95.8 Å². The molecule has 5 nitrogen and oxygen atoms in total. The number of rotatable bonds is 8. The first-order chi connectivity index (χ1) is 15.1. The Morgan fingerprint density at radius 1 is 0.935 bits per heavy atom. The predicted octanol–water partition coefficient (Wildman–Crippen LogP) is 5.49.